The number of rotatable bonds is 5. The van der Waals surface area contributed by atoms with Gasteiger partial charge in [0, 0.05) is 37.9 Å². The topological polar surface area (TPSA) is 61.4 Å². The Kier molecular flexibility index (Phi) is 5.83. The van der Waals surface area contributed by atoms with Gasteiger partial charge in [0.05, 0.1) is 0 Å². The number of anilines is 2. The van der Waals surface area contributed by atoms with E-state index in [4.69, 9.17) is 0 Å². The number of aryl methyl sites for hydroxylation is 2. The molecule has 0 radical (unpaired) electrons. The molecule has 1 aliphatic rings. The van der Waals surface area contributed by atoms with Crippen LogP contribution in [0.3, 0.4) is 0 Å². The molecule has 1 saturated heterocycles. The van der Waals surface area contributed by atoms with Crippen molar-refractivity contribution in [2.75, 3.05) is 42.9 Å². The lowest BCUT2D eigenvalue weighted by atomic mass is 10.1. The first-order valence-corrected chi connectivity index (χ1v) is 9.32. The molecule has 0 atom stereocenters. The molecule has 1 N–H and O–H groups in total. The Balaban J connectivity index is 1.73. The van der Waals surface area contributed by atoms with Crippen LogP contribution < -0.4 is 10.2 Å². The Bertz CT molecular complexity index is 751. The molecule has 0 bridgehead atoms. The quantitative estimate of drug-likeness (QED) is 0.896. The van der Waals surface area contributed by atoms with E-state index in [1.807, 2.05) is 31.2 Å². The summed E-state index contributed by atoms with van der Waals surface area (Å²) in [7, 11) is 0. The van der Waals surface area contributed by atoms with Crippen LogP contribution in [-0.4, -0.2) is 53.5 Å². The van der Waals surface area contributed by atoms with Gasteiger partial charge in [-0.3, -0.25) is 4.79 Å². The maximum absolute atomic E-state index is 12.6. The third kappa shape index (κ3) is 4.38. The molecule has 0 aliphatic carbocycles. The molecule has 138 valence electrons. The van der Waals surface area contributed by atoms with E-state index in [1.54, 1.807) is 6.07 Å². The van der Waals surface area contributed by atoms with Crippen LogP contribution in [0.4, 0.5) is 11.5 Å². The van der Waals surface area contributed by atoms with Crippen molar-refractivity contribution in [2.45, 2.75) is 27.2 Å². The zero-order chi connectivity index (χ0) is 18.5. The summed E-state index contributed by atoms with van der Waals surface area (Å²) in [5.41, 5.74) is 2.43. The summed E-state index contributed by atoms with van der Waals surface area (Å²) in [6.07, 6.45) is 0.980. The highest BCUT2D eigenvalue weighted by atomic mass is 16.1. The fourth-order valence-electron chi connectivity index (χ4n) is 3.14. The molecule has 1 aromatic heterocycles. The van der Waals surface area contributed by atoms with Crippen LogP contribution in [0.5, 0.6) is 0 Å². The van der Waals surface area contributed by atoms with Crippen molar-refractivity contribution in [3.05, 3.63) is 47.4 Å². The van der Waals surface area contributed by atoms with E-state index in [1.165, 1.54) is 5.56 Å². The van der Waals surface area contributed by atoms with Crippen molar-refractivity contribution in [2.24, 2.45) is 0 Å². The molecule has 26 heavy (non-hydrogen) atoms. The van der Waals surface area contributed by atoms with Crippen LogP contribution in [0.15, 0.2) is 30.3 Å². The number of aromatic nitrogens is 2. The van der Waals surface area contributed by atoms with E-state index >= 15 is 0 Å². The number of carbonyl (C=O) groups excluding carboxylic acids is 1. The van der Waals surface area contributed by atoms with Crippen LogP contribution in [0, 0.1) is 6.92 Å². The largest absolute Gasteiger partial charge is 0.354 e. The van der Waals surface area contributed by atoms with E-state index in [0.29, 0.717) is 11.5 Å². The maximum Gasteiger partial charge on any atom is 0.274 e. The standard InChI is InChI=1S/C20H27N5O/c1-4-16-6-8-17(9-7-16)23-20(26)18-14-19(22-15(3)21-18)25-12-10-24(5-2)11-13-25/h6-9,14H,4-5,10-13H2,1-3H3,(H,23,26). The van der Waals surface area contributed by atoms with Crippen LogP contribution in [-0.2, 0) is 6.42 Å². The summed E-state index contributed by atoms with van der Waals surface area (Å²) < 4.78 is 0. The lowest BCUT2D eigenvalue weighted by molar-refractivity contribution is 0.102. The predicted octanol–water partition coefficient (Wildman–Crippen LogP) is 2.74. The fourth-order valence-corrected chi connectivity index (χ4v) is 3.14. The molecule has 1 fully saturated rings. The number of nitrogens with zero attached hydrogens (tertiary/aromatic N) is 4. The summed E-state index contributed by atoms with van der Waals surface area (Å²) >= 11 is 0. The van der Waals surface area contributed by atoms with E-state index in [-0.39, 0.29) is 5.91 Å². The van der Waals surface area contributed by atoms with Gasteiger partial charge >= 0.3 is 0 Å². The third-order valence-electron chi connectivity index (χ3n) is 4.82. The van der Waals surface area contributed by atoms with Gasteiger partial charge in [0.2, 0.25) is 0 Å². The number of piperazine rings is 1. The molecule has 0 saturated carbocycles. The first-order chi connectivity index (χ1) is 12.6. The summed E-state index contributed by atoms with van der Waals surface area (Å²) in [6.45, 7) is 11.1. The van der Waals surface area contributed by atoms with Gasteiger partial charge in [0.1, 0.15) is 17.3 Å². The molecule has 2 heterocycles. The van der Waals surface area contributed by atoms with Crippen molar-refractivity contribution in [1.82, 2.24) is 14.9 Å². The second kappa shape index (κ2) is 8.27. The van der Waals surface area contributed by atoms with Gasteiger partial charge in [-0.25, -0.2) is 9.97 Å². The smallest absolute Gasteiger partial charge is 0.274 e. The molecule has 6 heteroatoms. The predicted molar refractivity (Wildman–Crippen MR) is 105 cm³/mol. The first-order valence-electron chi connectivity index (χ1n) is 9.32. The number of likely N-dealkylation sites (N-methyl/N-ethyl adjacent to an activating group) is 1. The van der Waals surface area contributed by atoms with E-state index < -0.39 is 0 Å². The molecule has 6 nitrogen and oxygen atoms in total. The lowest BCUT2D eigenvalue weighted by Gasteiger charge is -2.34. The minimum Gasteiger partial charge on any atom is -0.354 e. The fraction of sp³-hybridized carbons (Fsp3) is 0.450. The summed E-state index contributed by atoms with van der Waals surface area (Å²) in [5.74, 6) is 1.25. The van der Waals surface area contributed by atoms with Crippen molar-refractivity contribution in [1.29, 1.82) is 0 Å². The highest BCUT2D eigenvalue weighted by Gasteiger charge is 2.19. The summed E-state index contributed by atoms with van der Waals surface area (Å²) in [6, 6.07) is 9.70. The first kappa shape index (κ1) is 18.3. The Morgan fingerprint density at radius 2 is 1.77 bits per heavy atom. The van der Waals surface area contributed by atoms with Gasteiger partial charge < -0.3 is 15.1 Å². The second-order valence-corrected chi connectivity index (χ2v) is 6.58. The zero-order valence-electron chi connectivity index (χ0n) is 15.8. The number of hydrogen-bond acceptors (Lipinski definition) is 5. The Morgan fingerprint density at radius 3 is 2.38 bits per heavy atom. The van der Waals surface area contributed by atoms with Crippen LogP contribution in [0.2, 0.25) is 0 Å². The number of nitrogens with one attached hydrogen (secondary N) is 1. The lowest BCUT2D eigenvalue weighted by Crippen LogP contribution is -2.46. The highest BCUT2D eigenvalue weighted by Crippen LogP contribution is 2.17. The number of hydrogen-bond donors (Lipinski definition) is 1. The van der Waals surface area contributed by atoms with Crippen molar-refractivity contribution in [3.63, 3.8) is 0 Å². The van der Waals surface area contributed by atoms with E-state index in [0.717, 1.165) is 50.6 Å². The molecular weight excluding hydrogens is 326 g/mol. The molecule has 1 aliphatic heterocycles. The molecular formula is C20H27N5O. The molecule has 1 amide bonds. The number of carbonyl (C=O) groups is 1. The average Bonchev–Trinajstić information content (AvgIpc) is 2.68. The molecule has 0 spiro atoms. The minimum atomic E-state index is -0.201. The van der Waals surface area contributed by atoms with Gasteiger partial charge in [0.25, 0.3) is 5.91 Å². The molecule has 1 aromatic carbocycles. The number of amides is 1. The Labute approximate surface area is 155 Å². The van der Waals surface area contributed by atoms with Gasteiger partial charge in [-0.05, 0) is 37.6 Å². The van der Waals surface area contributed by atoms with Crippen LogP contribution in [0.25, 0.3) is 0 Å². The zero-order valence-corrected chi connectivity index (χ0v) is 15.8. The average molecular weight is 353 g/mol. The van der Waals surface area contributed by atoms with Gasteiger partial charge in [0.15, 0.2) is 0 Å². The van der Waals surface area contributed by atoms with Crippen LogP contribution in [0.1, 0.15) is 35.7 Å². The maximum atomic E-state index is 12.6. The Hall–Kier alpha value is -2.47. The van der Waals surface area contributed by atoms with Gasteiger partial charge in [-0.2, -0.15) is 0 Å². The van der Waals surface area contributed by atoms with Gasteiger partial charge in [-0.15, -0.1) is 0 Å². The van der Waals surface area contributed by atoms with Crippen molar-refractivity contribution in [3.8, 4) is 0 Å². The molecule has 0 unspecified atom stereocenters. The monoisotopic (exact) mass is 353 g/mol. The number of benzene rings is 1. The molecule has 3 rings (SSSR count). The summed E-state index contributed by atoms with van der Waals surface area (Å²) in [5, 5.41) is 2.93. The second-order valence-electron chi connectivity index (χ2n) is 6.58. The molecule has 2 aromatic rings. The minimum absolute atomic E-state index is 0.201. The highest BCUT2D eigenvalue weighted by molar-refractivity contribution is 6.03. The van der Waals surface area contributed by atoms with Crippen molar-refractivity contribution >= 4 is 17.4 Å². The third-order valence-corrected chi connectivity index (χ3v) is 4.82. The SMILES string of the molecule is CCc1ccc(NC(=O)c2cc(N3CCN(CC)CC3)nc(C)n2)cc1. The Morgan fingerprint density at radius 1 is 1.08 bits per heavy atom. The van der Waals surface area contributed by atoms with E-state index in [2.05, 4.69) is 38.9 Å². The van der Waals surface area contributed by atoms with Crippen LogP contribution >= 0.6 is 0 Å². The van der Waals surface area contributed by atoms with E-state index in [9.17, 15) is 4.79 Å². The normalized spacial score (nSPS) is 15.1. The van der Waals surface area contributed by atoms with Crippen molar-refractivity contribution < 1.29 is 4.79 Å². The van der Waals surface area contributed by atoms with Gasteiger partial charge in [-0.1, -0.05) is 26.0 Å². The summed E-state index contributed by atoms with van der Waals surface area (Å²) in [4.78, 5) is 26.1.